The van der Waals surface area contributed by atoms with Crippen LogP contribution in [0, 0.1) is 5.82 Å². The molecule has 26 heavy (non-hydrogen) atoms. The minimum absolute atomic E-state index is 0.162. The first-order chi connectivity index (χ1) is 12.1. The van der Waals surface area contributed by atoms with E-state index in [4.69, 9.17) is 21.1 Å². The second-order valence-corrected chi connectivity index (χ2v) is 8.65. The summed E-state index contributed by atoms with van der Waals surface area (Å²) in [5, 5.41) is 0.314. The van der Waals surface area contributed by atoms with Crippen molar-refractivity contribution in [3.8, 4) is 5.75 Å². The Bertz CT molecular complexity index is 631. The molecule has 1 aliphatic rings. The lowest BCUT2D eigenvalue weighted by molar-refractivity contribution is 0.00422. The Morgan fingerprint density at radius 1 is 1.38 bits per heavy atom. The fraction of sp³-hybridized carbons (Fsp3) is 0.611. The summed E-state index contributed by atoms with van der Waals surface area (Å²) >= 11 is 9.06. The van der Waals surface area contributed by atoms with Gasteiger partial charge in [-0.15, -0.1) is 0 Å². The molecule has 0 bridgehead atoms. The maximum atomic E-state index is 13.9. The molecule has 0 spiro atoms. The normalized spacial score (nSPS) is 18.7. The first kappa shape index (κ1) is 21.3. The molecular weight excluding hydrogens is 427 g/mol. The van der Waals surface area contributed by atoms with Gasteiger partial charge >= 0.3 is 6.09 Å². The van der Waals surface area contributed by atoms with Gasteiger partial charge in [0.05, 0.1) is 4.47 Å². The highest BCUT2D eigenvalue weighted by Crippen LogP contribution is 2.31. The Balaban J connectivity index is 1.83. The van der Waals surface area contributed by atoms with Crippen molar-refractivity contribution in [3.63, 3.8) is 0 Å². The zero-order chi connectivity index (χ0) is 19.5. The van der Waals surface area contributed by atoms with E-state index in [1.165, 1.54) is 6.07 Å². The van der Waals surface area contributed by atoms with Crippen LogP contribution in [-0.2, 0) is 4.74 Å². The average molecular weight is 452 g/mol. The van der Waals surface area contributed by atoms with Crippen molar-refractivity contribution in [2.24, 2.45) is 0 Å². The maximum absolute atomic E-state index is 13.9. The second-order valence-electron chi connectivity index (χ2n) is 7.36. The predicted octanol–water partition coefficient (Wildman–Crippen LogP) is 4.56. The zero-order valence-corrected chi connectivity index (χ0v) is 17.9. The molecule has 1 amide bonds. The van der Waals surface area contributed by atoms with Crippen molar-refractivity contribution in [1.82, 2.24) is 9.80 Å². The molecule has 1 aromatic carbocycles. The average Bonchev–Trinajstić information content (AvgIpc) is 2.49. The van der Waals surface area contributed by atoms with E-state index in [9.17, 15) is 9.18 Å². The van der Waals surface area contributed by atoms with Crippen molar-refractivity contribution >= 4 is 33.6 Å². The molecule has 1 saturated heterocycles. The molecule has 1 heterocycles. The van der Waals surface area contributed by atoms with E-state index in [2.05, 4.69) is 27.8 Å². The van der Waals surface area contributed by atoms with Crippen molar-refractivity contribution in [2.75, 3.05) is 32.8 Å². The first-order valence-corrected chi connectivity index (χ1v) is 9.73. The van der Waals surface area contributed by atoms with Crippen LogP contribution in [0.5, 0.6) is 5.75 Å². The van der Waals surface area contributed by atoms with Crippen LogP contribution >= 0.6 is 27.5 Å². The van der Waals surface area contributed by atoms with Crippen LogP contribution in [0.4, 0.5) is 9.18 Å². The summed E-state index contributed by atoms with van der Waals surface area (Å²) in [6.45, 7) is 10.5. The minimum Gasteiger partial charge on any atom is -0.488 e. The van der Waals surface area contributed by atoms with E-state index in [0.717, 1.165) is 0 Å². The van der Waals surface area contributed by atoms with Gasteiger partial charge < -0.3 is 14.4 Å². The summed E-state index contributed by atoms with van der Waals surface area (Å²) in [7, 11) is 0. The number of hydrogen-bond acceptors (Lipinski definition) is 4. The minimum atomic E-state index is -0.499. The second kappa shape index (κ2) is 8.76. The molecule has 0 unspecified atom stereocenters. The highest BCUT2D eigenvalue weighted by Gasteiger charge is 2.29. The van der Waals surface area contributed by atoms with Crippen LogP contribution in [0.15, 0.2) is 16.6 Å². The van der Waals surface area contributed by atoms with Crippen molar-refractivity contribution in [1.29, 1.82) is 0 Å². The van der Waals surface area contributed by atoms with E-state index in [1.54, 1.807) is 11.0 Å². The van der Waals surface area contributed by atoms with Crippen LogP contribution < -0.4 is 4.74 Å². The van der Waals surface area contributed by atoms with E-state index in [-0.39, 0.29) is 17.9 Å². The van der Waals surface area contributed by atoms with Gasteiger partial charge in [0.25, 0.3) is 0 Å². The number of rotatable bonds is 4. The van der Waals surface area contributed by atoms with Crippen molar-refractivity contribution in [3.05, 3.63) is 27.4 Å². The molecular formula is C18H25BrClFN2O3. The van der Waals surface area contributed by atoms with E-state index in [1.807, 2.05) is 20.8 Å². The van der Waals surface area contributed by atoms with Crippen molar-refractivity contribution in [2.45, 2.75) is 39.3 Å². The smallest absolute Gasteiger partial charge is 0.410 e. The molecule has 2 rings (SSSR count). The summed E-state index contributed by atoms with van der Waals surface area (Å²) in [5.41, 5.74) is -0.499. The van der Waals surface area contributed by atoms with Gasteiger partial charge in [0.15, 0.2) is 11.6 Å². The Morgan fingerprint density at radius 3 is 2.65 bits per heavy atom. The van der Waals surface area contributed by atoms with Gasteiger partial charge in [0.1, 0.15) is 12.2 Å². The zero-order valence-electron chi connectivity index (χ0n) is 15.5. The lowest BCUT2D eigenvalue weighted by Crippen LogP contribution is -2.55. The van der Waals surface area contributed by atoms with E-state index in [0.29, 0.717) is 42.3 Å². The standard InChI is InChI=1S/C18H25BrClFN2O3/c1-12-11-23(17(24)26-18(2,3)4)6-5-22(12)7-8-25-16-14(19)9-13(20)10-15(16)21/h9-10,12H,5-8,11H2,1-4H3/t12-/m0/s1. The predicted molar refractivity (Wildman–Crippen MR) is 103 cm³/mol. The number of carbonyl (C=O) groups is 1. The topological polar surface area (TPSA) is 42.0 Å². The lowest BCUT2D eigenvalue weighted by Gasteiger charge is -2.40. The lowest BCUT2D eigenvalue weighted by atomic mass is 10.2. The van der Waals surface area contributed by atoms with Gasteiger partial charge in [0, 0.05) is 37.2 Å². The van der Waals surface area contributed by atoms with Crippen LogP contribution in [0.25, 0.3) is 0 Å². The molecule has 1 atom stereocenters. The Kier molecular flexibility index (Phi) is 7.16. The summed E-state index contributed by atoms with van der Waals surface area (Å²) in [6.07, 6.45) is -0.285. The molecule has 0 aliphatic carbocycles. The number of piperazine rings is 1. The van der Waals surface area contributed by atoms with Crippen LogP contribution in [0.1, 0.15) is 27.7 Å². The monoisotopic (exact) mass is 450 g/mol. The summed E-state index contributed by atoms with van der Waals surface area (Å²) in [6, 6.07) is 2.99. The third-order valence-corrected chi connectivity index (χ3v) is 4.81. The van der Waals surface area contributed by atoms with Gasteiger partial charge in [-0.25, -0.2) is 9.18 Å². The number of ether oxygens (including phenoxy) is 2. The maximum Gasteiger partial charge on any atom is 0.410 e. The number of hydrogen-bond donors (Lipinski definition) is 0. The third kappa shape index (κ3) is 5.99. The number of benzene rings is 1. The van der Waals surface area contributed by atoms with Crippen molar-refractivity contribution < 1.29 is 18.7 Å². The highest BCUT2D eigenvalue weighted by molar-refractivity contribution is 9.10. The molecule has 0 radical (unpaired) electrons. The van der Waals surface area contributed by atoms with Crippen LogP contribution in [-0.4, -0.2) is 60.3 Å². The van der Waals surface area contributed by atoms with Gasteiger partial charge in [-0.1, -0.05) is 11.6 Å². The third-order valence-electron chi connectivity index (χ3n) is 4.00. The van der Waals surface area contributed by atoms with Gasteiger partial charge in [0.2, 0.25) is 0 Å². The summed E-state index contributed by atoms with van der Waals surface area (Å²) < 4.78 is 25.4. The SMILES string of the molecule is C[C@H]1CN(C(=O)OC(C)(C)C)CCN1CCOc1c(F)cc(Cl)cc1Br. The van der Waals surface area contributed by atoms with Gasteiger partial charge in [-0.3, -0.25) is 4.90 Å². The number of nitrogens with zero attached hydrogens (tertiary/aromatic N) is 2. The Labute approximate surface area is 167 Å². The molecule has 8 heteroatoms. The van der Waals surface area contributed by atoms with Gasteiger partial charge in [-0.2, -0.15) is 0 Å². The number of carbonyl (C=O) groups excluding carboxylic acids is 1. The van der Waals surface area contributed by atoms with Crippen LogP contribution in [0.3, 0.4) is 0 Å². The molecule has 5 nitrogen and oxygen atoms in total. The summed E-state index contributed by atoms with van der Waals surface area (Å²) in [5.74, 6) is -0.332. The highest BCUT2D eigenvalue weighted by atomic mass is 79.9. The summed E-state index contributed by atoms with van der Waals surface area (Å²) in [4.78, 5) is 16.1. The first-order valence-electron chi connectivity index (χ1n) is 8.56. The molecule has 0 N–H and O–H groups in total. The molecule has 0 aromatic heterocycles. The molecule has 0 saturated carbocycles. The molecule has 1 aliphatic heterocycles. The molecule has 1 aromatic rings. The quantitative estimate of drug-likeness (QED) is 0.673. The number of amides is 1. The largest absolute Gasteiger partial charge is 0.488 e. The van der Waals surface area contributed by atoms with Crippen LogP contribution in [0.2, 0.25) is 5.02 Å². The fourth-order valence-electron chi connectivity index (χ4n) is 2.75. The van der Waals surface area contributed by atoms with E-state index < -0.39 is 11.4 Å². The Hall–Kier alpha value is -1.05. The Morgan fingerprint density at radius 2 is 2.08 bits per heavy atom. The number of halogens is 3. The van der Waals surface area contributed by atoms with E-state index >= 15 is 0 Å². The molecule has 146 valence electrons. The molecule has 1 fully saturated rings. The van der Waals surface area contributed by atoms with Gasteiger partial charge in [-0.05, 0) is 55.8 Å². The fourth-order valence-corrected chi connectivity index (χ4v) is 3.64.